The molecule has 7 nitrogen and oxygen atoms in total. The average Bonchev–Trinajstić information content (AvgIpc) is 3.22. The van der Waals surface area contributed by atoms with Crippen LogP contribution in [-0.4, -0.2) is 39.5 Å². The maximum absolute atomic E-state index is 10.5. The largest absolute Gasteiger partial charge is 0.482 e. The van der Waals surface area contributed by atoms with Crippen molar-refractivity contribution in [3.63, 3.8) is 0 Å². The van der Waals surface area contributed by atoms with Crippen molar-refractivity contribution in [2.24, 2.45) is 7.05 Å². The van der Waals surface area contributed by atoms with Crippen LogP contribution in [0.4, 0.5) is 5.69 Å². The van der Waals surface area contributed by atoms with E-state index in [0.717, 1.165) is 22.0 Å². The zero-order valence-corrected chi connectivity index (χ0v) is 14.7. The number of aromatic nitrogens is 3. The molecule has 0 aliphatic heterocycles. The van der Waals surface area contributed by atoms with Crippen LogP contribution >= 0.6 is 11.3 Å². The molecule has 0 aliphatic carbocycles. The predicted molar refractivity (Wildman–Crippen MR) is 96.0 cm³/mol. The van der Waals surface area contributed by atoms with Gasteiger partial charge in [-0.25, -0.2) is 9.78 Å². The molecule has 0 aliphatic rings. The number of benzene rings is 1. The number of carboxylic acids is 1. The highest BCUT2D eigenvalue weighted by molar-refractivity contribution is 7.13. The lowest BCUT2D eigenvalue weighted by molar-refractivity contribution is -0.139. The quantitative estimate of drug-likeness (QED) is 0.699. The number of carbonyl (C=O) groups is 1. The van der Waals surface area contributed by atoms with Gasteiger partial charge in [0.2, 0.25) is 0 Å². The Balaban J connectivity index is 1.63. The van der Waals surface area contributed by atoms with Crippen molar-refractivity contribution in [2.75, 3.05) is 18.6 Å². The predicted octanol–water partition coefficient (Wildman–Crippen LogP) is 2.64. The first-order valence-electron chi connectivity index (χ1n) is 7.60. The van der Waals surface area contributed by atoms with Crippen LogP contribution in [0.1, 0.15) is 5.69 Å². The van der Waals surface area contributed by atoms with Gasteiger partial charge in [-0.2, -0.15) is 5.10 Å². The number of hydrogen-bond acceptors (Lipinski definition) is 6. The number of anilines is 1. The Labute approximate surface area is 149 Å². The summed E-state index contributed by atoms with van der Waals surface area (Å²) in [6.45, 7) is 0.331. The minimum absolute atomic E-state index is 0.342. The summed E-state index contributed by atoms with van der Waals surface area (Å²) in [5.74, 6) is -0.457. The number of carboxylic acid groups (broad SMARTS) is 1. The molecule has 0 saturated heterocycles. The van der Waals surface area contributed by atoms with Crippen molar-refractivity contribution in [3.05, 3.63) is 47.7 Å². The van der Waals surface area contributed by atoms with Crippen LogP contribution < -0.4 is 9.64 Å². The van der Waals surface area contributed by atoms with Gasteiger partial charge in [0.15, 0.2) is 6.61 Å². The van der Waals surface area contributed by atoms with Crippen molar-refractivity contribution < 1.29 is 14.6 Å². The number of hydrogen-bond donors (Lipinski definition) is 1. The Morgan fingerprint density at radius 2 is 2.12 bits per heavy atom. The van der Waals surface area contributed by atoms with E-state index in [2.05, 4.69) is 15.0 Å². The summed E-state index contributed by atoms with van der Waals surface area (Å²) in [6, 6.07) is 7.31. The van der Waals surface area contributed by atoms with Gasteiger partial charge in [0.1, 0.15) is 10.8 Å². The van der Waals surface area contributed by atoms with Gasteiger partial charge >= 0.3 is 5.97 Å². The Bertz CT molecular complexity index is 857. The van der Waals surface area contributed by atoms with Crippen LogP contribution in [0.25, 0.3) is 10.6 Å². The standard InChI is InChI=1S/C17H18N4O3S/c1-20(14-3-5-15(6-4-14)24-10-16(22)23)9-13-11-25-17(19-13)12-7-18-21(2)8-12/h3-8,11H,9-10H2,1-2H3,(H,22,23). The number of thiazole rings is 1. The normalized spacial score (nSPS) is 10.6. The van der Waals surface area contributed by atoms with E-state index in [1.165, 1.54) is 0 Å². The molecule has 0 bridgehead atoms. The number of nitrogens with zero attached hydrogens (tertiary/aromatic N) is 4. The summed E-state index contributed by atoms with van der Waals surface area (Å²) in [5.41, 5.74) is 3.00. The number of ether oxygens (including phenoxy) is 1. The molecule has 0 saturated carbocycles. The van der Waals surface area contributed by atoms with Crippen molar-refractivity contribution in [3.8, 4) is 16.3 Å². The molecule has 0 unspecified atom stereocenters. The van der Waals surface area contributed by atoms with E-state index in [9.17, 15) is 4.79 Å². The van der Waals surface area contributed by atoms with E-state index in [1.54, 1.807) is 28.2 Å². The summed E-state index contributed by atoms with van der Waals surface area (Å²) in [6.07, 6.45) is 3.75. The zero-order chi connectivity index (χ0) is 17.8. The van der Waals surface area contributed by atoms with E-state index in [4.69, 9.17) is 9.84 Å². The van der Waals surface area contributed by atoms with Gasteiger partial charge in [-0.1, -0.05) is 0 Å². The smallest absolute Gasteiger partial charge is 0.341 e. The van der Waals surface area contributed by atoms with Crippen LogP contribution in [0.15, 0.2) is 42.0 Å². The van der Waals surface area contributed by atoms with Crippen molar-refractivity contribution in [1.82, 2.24) is 14.8 Å². The molecular formula is C17H18N4O3S. The molecule has 130 valence electrons. The Kier molecular flexibility index (Phi) is 4.99. The van der Waals surface area contributed by atoms with Gasteiger partial charge in [0.05, 0.1) is 18.4 Å². The van der Waals surface area contributed by atoms with Gasteiger partial charge in [-0.15, -0.1) is 11.3 Å². The molecule has 2 aromatic heterocycles. The first-order valence-corrected chi connectivity index (χ1v) is 8.48. The van der Waals surface area contributed by atoms with Crippen LogP contribution in [-0.2, 0) is 18.4 Å². The third kappa shape index (κ3) is 4.36. The Morgan fingerprint density at radius 3 is 2.76 bits per heavy atom. The molecule has 1 aromatic carbocycles. The number of rotatable bonds is 7. The first-order chi connectivity index (χ1) is 12.0. The Morgan fingerprint density at radius 1 is 1.36 bits per heavy atom. The number of aryl methyl sites for hydroxylation is 1. The Hall–Kier alpha value is -2.87. The third-order valence-corrected chi connectivity index (χ3v) is 4.48. The van der Waals surface area contributed by atoms with Gasteiger partial charge in [0, 0.05) is 36.9 Å². The summed E-state index contributed by atoms with van der Waals surface area (Å²) < 4.78 is 6.90. The lowest BCUT2D eigenvalue weighted by Crippen LogP contribution is -2.16. The van der Waals surface area contributed by atoms with E-state index >= 15 is 0 Å². The molecule has 0 amide bonds. The minimum atomic E-state index is -0.992. The van der Waals surface area contributed by atoms with Crippen LogP contribution in [0.5, 0.6) is 5.75 Å². The van der Waals surface area contributed by atoms with Gasteiger partial charge in [0.25, 0.3) is 0 Å². The summed E-state index contributed by atoms with van der Waals surface area (Å²) in [5, 5.41) is 15.8. The van der Waals surface area contributed by atoms with Crippen molar-refractivity contribution in [2.45, 2.75) is 6.54 Å². The van der Waals surface area contributed by atoms with Gasteiger partial charge in [-0.3, -0.25) is 4.68 Å². The fourth-order valence-electron chi connectivity index (χ4n) is 2.32. The molecule has 3 rings (SSSR count). The monoisotopic (exact) mass is 358 g/mol. The summed E-state index contributed by atoms with van der Waals surface area (Å²) in [7, 11) is 3.87. The third-order valence-electron chi connectivity index (χ3n) is 3.54. The fourth-order valence-corrected chi connectivity index (χ4v) is 3.11. The maximum atomic E-state index is 10.5. The van der Waals surface area contributed by atoms with E-state index in [1.807, 2.05) is 44.0 Å². The topological polar surface area (TPSA) is 80.5 Å². The second-order valence-corrected chi connectivity index (χ2v) is 6.44. The lowest BCUT2D eigenvalue weighted by Gasteiger charge is -2.18. The molecular weight excluding hydrogens is 340 g/mol. The fraction of sp³-hybridized carbons (Fsp3) is 0.235. The summed E-state index contributed by atoms with van der Waals surface area (Å²) in [4.78, 5) is 17.2. The molecule has 0 atom stereocenters. The molecule has 2 heterocycles. The highest BCUT2D eigenvalue weighted by Gasteiger charge is 2.09. The van der Waals surface area contributed by atoms with Crippen LogP contribution in [0.2, 0.25) is 0 Å². The van der Waals surface area contributed by atoms with Gasteiger partial charge in [-0.05, 0) is 24.3 Å². The zero-order valence-electron chi connectivity index (χ0n) is 13.9. The average molecular weight is 358 g/mol. The van der Waals surface area contributed by atoms with Crippen molar-refractivity contribution >= 4 is 23.0 Å². The SMILES string of the molecule is CN(Cc1csc(-c2cnn(C)c2)n1)c1ccc(OCC(=O)O)cc1. The van der Waals surface area contributed by atoms with Gasteiger partial charge < -0.3 is 14.7 Å². The molecule has 0 fully saturated rings. The van der Waals surface area contributed by atoms with E-state index < -0.39 is 5.97 Å². The second-order valence-electron chi connectivity index (χ2n) is 5.58. The minimum Gasteiger partial charge on any atom is -0.482 e. The maximum Gasteiger partial charge on any atom is 0.341 e. The van der Waals surface area contributed by atoms with Crippen LogP contribution in [0, 0.1) is 0 Å². The number of aliphatic carboxylic acids is 1. The first kappa shape index (κ1) is 17.0. The second kappa shape index (κ2) is 7.35. The molecule has 0 radical (unpaired) electrons. The van der Waals surface area contributed by atoms with Crippen LogP contribution in [0.3, 0.4) is 0 Å². The molecule has 0 spiro atoms. The highest BCUT2D eigenvalue weighted by atomic mass is 32.1. The summed E-state index contributed by atoms with van der Waals surface area (Å²) >= 11 is 1.60. The van der Waals surface area contributed by atoms with E-state index in [0.29, 0.717) is 12.3 Å². The molecule has 25 heavy (non-hydrogen) atoms. The van der Waals surface area contributed by atoms with Crippen molar-refractivity contribution in [1.29, 1.82) is 0 Å². The molecule has 3 aromatic rings. The molecule has 1 N–H and O–H groups in total. The highest BCUT2D eigenvalue weighted by Crippen LogP contribution is 2.25. The molecule has 8 heteroatoms. The van der Waals surface area contributed by atoms with E-state index in [-0.39, 0.29) is 6.61 Å². The lowest BCUT2D eigenvalue weighted by atomic mass is 10.2.